The van der Waals surface area contributed by atoms with Crippen LogP contribution in [-0.2, 0) is 21.4 Å². The number of sulfonamides is 1. The zero-order valence-corrected chi connectivity index (χ0v) is 20.0. The number of rotatable bonds is 7. The highest BCUT2D eigenvalue weighted by Gasteiger charge is 2.23. The van der Waals surface area contributed by atoms with Crippen LogP contribution in [0.5, 0.6) is 0 Å². The molecule has 1 aromatic carbocycles. The van der Waals surface area contributed by atoms with Gasteiger partial charge in [-0.15, -0.1) is 11.3 Å². The average Bonchev–Trinajstić information content (AvgIpc) is 3.05. The molecule has 2 aromatic rings. The number of halogens is 1. The molecule has 3 rings (SSSR count). The van der Waals surface area contributed by atoms with E-state index in [4.69, 9.17) is 11.6 Å². The summed E-state index contributed by atoms with van der Waals surface area (Å²) in [6.07, 6.45) is 0.156. The Hall–Kier alpha value is -1.45. The number of carbonyl (C=O) groups is 1. The minimum atomic E-state index is -3.64. The van der Waals surface area contributed by atoms with Gasteiger partial charge in [-0.3, -0.25) is 9.69 Å². The molecule has 1 N–H and O–H groups in total. The van der Waals surface area contributed by atoms with Gasteiger partial charge in [-0.25, -0.2) is 13.1 Å². The molecule has 0 spiro atoms. The van der Waals surface area contributed by atoms with E-state index >= 15 is 0 Å². The van der Waals surface area contributed by atoms with Gasteiger partial charge in [-0.05, 0) is 44.0 Å². The van der Waals surface area contributed by atoms with Crippen LogP contribution >= 0.6 is 22.9 Å². The molecule has 164 valence electrons. The summed E-state index contributed by atoms with van der Waals surface area (Å²) < 4.78 is 28.8. The van der Waals surface area contributed by atoms with Crippen molar-refractivity contribution in [1.29, 1.82) is 0 Å². The minimum Gasteiger partial charge on any atom is -0.340 e. The van der Waals surface area contributed by atoms with Crippen molar-refractivity contribution < 1.29 is 13.2 Å². The molecular weight excluding hydrogens is 442 g/mol. The summed E-state index contributed by atoms with van der Waals surface area (Å²) in [4.78, 5) is 18.2. The molecule has 2 heterocycles. The Morgan fingerprint density at radius 1 is 1.10 bits per heavy atom. The lowest BCUT2D eigenvalue weighted by atomic mass is 10.1. The van der Waals surface area contributed by atoms with Gasteiger partial charge in [0.15, 0.2) is 0 Å². The van der Waals surface area contributed by atoms with Crippen LogP contribution in [0, 0.1) is 20.8 Å². The smallest absolute Gasteiger partial charge is 0.241 e. The summed E-state index contributed by atoms with van der Waals surface area (Å²) in [5.41, 5.74) is 2.46. The van der Waals surface area contributed by atoms with Crippen molar-refractivity contribution in [3.63, 3.8) is 0 Å². The van der Waals surface area contributed by atoms with Gasteiger partial charge in [0, 0.05) is 50.6 Å². The van der Waals surface area contributed by atoms with Crippen LogP contribution < -0.4 is 4.72 Å². The number of hydrogen-bond acceptors (Lipinski definition) is 5. The van der Waals surface area contributed by atoms with Crippen LogP contribution in [0.15, 0.2) is 29.2 Å². The first-order chi connectivity index (χ1) is 14.2. The van der Waals surface area contributed by atoms with E-state index in [9.17, 15) is 13.2 Å². The Labute approximate surface area is 187 Å². The zero-order chi connectivity index (χ0) is 21.9. The number of nitrogens with one attached hydrogen (secondary N) is 1. The van der Waals surface area contributed by atoms with E-state index < -0.39 is 10.0 Å². The molecule has 1 aliphatic heterocycles. The summed E-state index contributed by atoms with van der Waals surface area (Å²) in [5.74, 6) is -0.0196. The highest BCUT2D eigenvalue weighted by atomic mass is 35.5. The van der Waals surface area contributed by atoms with Gasteiger partial charge in [0.05, 0.1) is 9.23 Å². The van der Waals surface area contributed by atoms with E-state index in [1.807, 2.05) is 36.1 Å². The maximum absolute atomic E-state index is 12.7. The third-order valence-electron chi connectivity index (χ3n) is 5.24. The van der Waals surface area contributed by atoms with E-state index in [0.29, 0.717) is 18.0 Å². The van der Waals surface area contributed by atoms with Crippen LogP contribution in [0.25, 0.3) is 0 Å². The molecule has 1 saturated heterocycles. The van der Waals surface area contributed by atoms with Gasteiger partial charge in [-0.2, -0.15) is 0 Å². The molecule has 1 aliphatic rings. The first-order valence-corrected chi connectivity index (χ1v) is 12.7. The topological polar surface area (TPSA) is 69.7 Å². The van der Waals surface area contributed by atoms with Crippen molar-refractivity contribution >= 4 is 38.9 Å². The lowest BCUT2D eigenvalue weighted by molar-refractivity contribution is -0.132. The van der Waals surface area contributed by atoms with E-state index in [2.05, 4.69) is 9.62 Å². The van der Waals surface area contributed by atoms with Gasteiger partial charge in [0.1, 0.15) is 0 Å². The molecule has 0 aliphatic carbocycles. The summed E-state index contributed by atoms with van der Waals surface area (Å²) in [6, 6.07) is 7.66. The van der Waals surface area contributed by atoms with Crippen LogP contribution in [0.3, 0.4) is 0 Å². The average molecular weight is 470 g/mol. The van der Waals surface area contributed by atoms with Crippen molar-refractivity contribution in [2.45, 2.75) is 38.6 Å². The molecule has 0 bridgehead atoms. The Kier molecular flexibility index (Phi) is 7.57. The molecule has 0 saturated carbocycles. The molecule has 1 amide bonds. The number of piperazine rings is 1. The fourth-order valence-electron chi connectivity index (χ4n) is 3.93. The third-order valence-corrected chi connectivity index (χ3v) is 8.22. The van der Waals surface area contributed by atoms with Gasteiger partial charge in [0.25, 0.3) is 0 Å². The number of aryl methyl sites for hydroxylation is 3. The molecule has 30 heavy (non-hydrogen) atoms. The van der Waals surface area contributed by atoms with Crippen molar-refractivity contribution in [2.24, 2.45) is 0 Å². The second-order valence-electron chi connectivity index (χ2n) is 7.74. The maximum Gasteiger partial charge on any atom is 0.241 e. The lowest BCUT2D eigenvalue weighted by Gasteiger charge is -2.34. The molecule has 1 aromatic heterocycles. The van der Waals surface area contributed by atoms with Crippen LogP contribution in [0.2, 0.25) is 4.34 Å². The molecule has 9 heteroatoms. The summed E-state index contributed by atoms with van der Waals surface area (Å²) in [6.45, 7) is 9.38. The van der Waals surface area contributed by atoms with Gasteiger partial charge in [-0.1, -0.05) is 29.3 Å². The second kappa shape index (κ2) is 9.78. The Bertz CT molecular complexity index is 989. The fraction of sp³-hybridized carbons (Fsp3) is 0.476. The van der Waals surface area contributed by atoms with Gasteiger partial charge < -0.3 is 4.90 Å². The Balaban J connectivity index is 1.47. The number of nitrogens with zero attached hydrogens (tertiary/aromatic N) is 2. The van der Waals surface area contributed by atoms with E-state index in [1.54, 1.807) is 25.2 Å². The highest BCUT2D eigenvalue weighted by Crippen LogP contribution is 2.23. The van der Waals surface area contributed by atoms with Crippen LogP contribution in [-0.4, -0.2) is 56.8 Å². The lowest BCUT2D eigenvalue weighted by Crippen LogP contribution is -2.48. The van der Waals surface area contributed by atoms with Crippen molar-refractivity contribution in [1.82, 2.24) is 14.5 Å². The number of hydrogen-bond donors (Lipinski definition) is 1. The van der Waals surface area contributed by atoms with Crippen LogP contribution in [0.4, 0.5) is 0 Å². The van der Waals surface area contributed by atoms with E-state index in [1.165, 1.54) is 4.88 Å². The molecular formula is C21H28ClN3O3S2. The number of amides is 1. The molecule has 0 radical (unpaired) electrons. The molecule has 6 nitrogen and oxygen atoms in total. The normalized spacial score (nSPS) is 15.5. The first-order valence-electron chi connectivity index (χ1n) is 9.97. The second-order valence-corrected chi connectivity index (χ2v) is 11.2. The Morgan fingerprint density at radius 2 is 1.73 bits per heavy atom. The first kappa shape index (κ1) is 23.2. The predicted molar refractivity (Wildman–Crippen MR) is 122 cm³/mol. The summed E-state index contributed by atoms with van der Waals surface area (Å²) in [5, 5.41) is 0. The SMILES string of the molecule is Cc1cc(C)c(S(=O)(=O)NCCC(=O)N2CCN(Cc3ccc(Cl)s3)CC2)c(C)c1. The van der Waals surface area contributed by atoms with Crippen molar-refractivity contribution in [2.75, 3.05) is 32.7 Å². The Morgan fingerprint density at radius 3 is 2.30 bits per heavy atom. The standard InChI is InChI=1S/C21H28ClN3O3S2/c1-15-12-16(2)21(17(3)13-15)30(27,28)23-7-6-20(26)25-10-8-24(9-11-25)14-18-4-5-19(22)29-18/h4-5,12-13,23H,6-11,14H2,1-3H3. The van der Waals surface area contributed by atoms with Gasteiger partial charge in [0.2, 0.25) is 15.9 Å². The van der Waals surface area contributed by atoms with Crippen LogP contribution in [0.1, 0.15) is 28.0 Å². The third kappa shape index (κ3) is 5.82. The number of benzene rings is 1. The van der Waals surface area contributed by atoms with Gasteiger partial charge >= 0.3 is 0 Å². The largest absolute Gasteiger partial charge is 0.340 e. The summed E-state index contributed by atoms with van der Waals surface area (Å²) in [7, 11) is -3.64. The maximum atomic E-state index is 12.7. The predicted octanol–water partition coefficient (Wildman–Crippen LogP) is 3.34. The van der Waals surface area contributed by atoms with Crippen molar-refractivity contribution in [3.8, 4) is 0 Å². The number of thiophene rings is 1. The molecule has 0 unspecified atom stereocenters. The quantitative estimate of drug-likeness (QED) is 0.675. The van der Waals surface area contributed by atoms with E-state index in [-0.39, 0.29) is 18.9 Å². The van der Waals surface area contributed by atoms with E-state index in [0.717, 1.165) is 40.7 Å². The molecule has 0 atom stereocenters. The fourth-order valence-corrected chi connectivity index (χ4v) is 6.54. The molecule has 1 fully saturated rings. The summed E-state index contributed by atoms with van der Waals surface area (Å²) >= 11 is 7.57. The monoisotopic (exact) mass is 469 g/mol. The minimum absolute atomic E-state index is 0.0196. The number of carbonyl (C=O) groups excluding carboxylic acids is 1. The highest BCUT2D eigenvalue weighted by molar-refractivity contribution is 7.89. The van der Waals surface area contributed by atoms with Crippen molar-refractivity contribution in [3.05, 3.63) is 50.2 Å². The zero-order valence-electron chi connectivity index (χ0n) is 17.6.